The predicted molar refractivity (Wildman–Crippen MR) is 229 cm³/mol. The number of methoxy groups -OCH3 is 2. The molecule has 1 aromatic rings. The first-order valence-electron chi connectivity index (χ1n) is 21.7. The number of carboxylic acids is 1. The van der Waals surface area contributed by atoms with Gasteiger partial charge < -0.3 is 48.6 Å². The highest BCUT2D eigenvalue weighted by atomic mass is 35.5. The molecule has 4 amide bonds. The van der Waals surface area contributed by atoms with Crippen LogP contribution in [0.3, 0.4) is 0 Å². The Morgan fingerprint density at radius 2 is 1.56 bits per heavy atom. The van der Waals surface area contributed by atoms with E-state index in [1.54, 1.807) is 55.0 Å². The monoisotopic (exact) mass is 900 g/mol. The van der Waals surface area contributed by atoms with Crippen molar-refractivity contribution < 1.29 is 62.7 Å². The number of alkyl carbamates (subject to hydrolysis) is 1. The Morgan fingerprint density at radius 3 is 2.13 bits per heavy atom. The minimum absolute atomic E-state index is 0.0912. The molecular weight excluding hydrogens is 840 g/mol. The Labute approximate surface area is 373 Å². The second kappa shape index (κ2) is 19.6. The molecule has 4 saturated heterocycles. The molecule has 0 spiro atoms. The zero-order valence-corrected chi connectivity index (χ0v) is 37.7. The molecule has 63 heavy (non-hydrogen) atoms. The number of carbonyl (C=O) groups is 6. The zero-order chi connectivity index (χ0) is 45.9. The number of rotatable bonds is 9. The molecule has 7 rings (SSSR count). The lowest BCUT2D eigenvalue weighted by Gasteiger charge is -2.59. The van der Waals surface area contributed by atoms with Crippen LogP contribution in [-0.2, 0) is 49.3 Å². The molecule has 1 unspecified atom stereocenters. The average Bonchev–Trinajstić information content (AvgIpc) is 3.23. The number of halogens is 1. The number of allylic oxidation sites excluding steroid dienone is 3. The molecule has 17 nitrogen and oxygen atoms in total. The SMILES string of the molecule is COc1cc2cc(c1Cl)N(C)C(=O)C[C@H](OC(=O)C1CCN(C(=O)CCCC(=O)N3CCC(C(=O)O)CC3)CC1)[C@@]1(C)CC(C)(O1)[C@@H]1C[C@@](O)(NC(=O)O1)[C@H](OC)/C=C/C=C(\C)C2. The highest BCUT2D eigenvalue weighted by molar-refractivity contribution is 6.35. The summed E-state index contributed by atoms with van der Waals surface area (Å²) < 4.78 is 29.8. The van der Waals surface area contributed by atoms with E-state index in [2.05, 4.69) is 5.32 Å². The van der Waals surface area contributed by atoms with Crippen LogP contribution in [0.2, 0.25) is 5.02 Å². The first-order valence-corrected chi connectivity index (χ1v) is 22.1. The fourth-order valence-corrected chi connectivity index (χ4v) is 9.90. The van der Waals surface area contributed by atoms with Gasteiger partial charge in [0.25, 0.3) is 0 Å². The molecule has 1 aromatic carbocycles. The minimum atomic E-state index is -1.87. The highest BCUT2D eigenvalue weighted by Crippen LogP contribution is 2.51. The van der Waals surface area contributed by atoms with E-state index < -0.39 is 71.0 Å². The third-order valence-electron chi connectivity index (χ3n) is 13.3. The third kappa shape index (κ3) is 10.8. The maximum Gasteiger partial charge on any atom is 0.409 e. The van der Waals surface area contributed by atoms with E-state index in [4.69, 9.17) is 35.3 Å². The summed E-state index contributed by atoms with van der Waals surface area (Å²) in [6.07, 6.45) is 3.78. The zero-order valence-electron chi connectivity index (χ0n) is 37.0. The van der Waals surface area contributed by atoms with Gasteiger partial charge in [0, 0.05) is 66.0 Å². The molecule has 0 radical (unpaired) electrons. The molecule has 6 heterocycles. The highest BCUT2D eigenvalue weighted by Gasteiger charge is 2.63. The molecular formula is C45H61ClN4O13. The minimum Gasteiger partial charge on any atom is -0.495 e. The number of carbonyl (C=O) groups excluding carboxylic acids is 5. The van der Waals surface area contributed by atoms with E-state index in [1.165, 1.54) is 19.1 Å². The van der Waals surface area contributed by atoms with Crippen LogP contribution in [0.5, 0.6) is 5.75 Å². The number of piperidine rings is 2. The average molecular weight is 901 g/mol. The van der Waals surface area contributed by atoms with Crippen molar-refractivity contribution in [2.75, 3.05) is 52.3 Å². The standard InChI is InChI=1S/C45H61ClN4O13/c1-27-9-7-10-33(60-6)45(58)25-35(62-42(57)47-45)44(3)26-43(2,63-44)34(24-38(53)48(4)31-22-28(21-27)23-32(59-5)39(31)46)61-41(56)30-15-19-50(20-16-30)37(52)12-8-11-36(51)49-17-13-29(14-18-49)40(54)55/h7,9-10,22-23,29-30,33-35,58H,8,11-21,24-26H2,1-6H3,(H,47,57)(H,54,55)/b10-7+,27-9+/t33-,34+,35+,43-,44?,45+/m1/s1. The first kappa shape index (κ1) is 47.8. The Kier molecular flexibility index (Phi) is 14.8. The van der Waals surface area contributed by atoms with Gasteiger partial charge in [-0.1, -0.05) is 35.4 Å². The molecule has 3 N–H and O–H groups in total. The summed E-state index contributed by atoms with van der Waals surface area (Å²) in [6.45, 7) is 6.78. The number of aliphatic hydroxyl groups is 1. The van der Waals surface area contributed by atoms with E-state index >= 15 is 0 Å². The van der Waals surface area contributed by atoms with Crippen molar-refractivity contribution in [2.24, 2.45) is 11.8 Å². The number of hydrogen-bond donors (Lipinski definition) is 3. The van der Waals surface area contributed by atoms with Gasteiger partial charge in [-0.05, 0) is 77.0 Å². The van der Waals surface area contributed by atoms with Gasteiger partial charge >= 0.3 is 18.0 Å². The Hall–Kier alpha value is -4.71. The van der Waals surface area contributed by atoms with Crippen LogP contribution < -0.4 is 15.0 Å². The maximum atomic E-state index is 14.3. The van der Waals surface area contributed by atoms with Crippen molar-refractivity contribution in [2.45, 2.75) is 127 Å². The van der Waals surface area contributed by atoms with Gasteiger partial charge in [-0.25, -0.2) is 4.79 Å². The van der Waals surface area contributed by atoms with Crippen LogP contribution in [0, 0.1) is 11.8 Å². The number of nitrogens with one attached hydrogen (secondary N) is 1. The number of carboxylic acid groups (broad SMARTS) is 1. The molecule has 0 aromatic heterocycles. The van der Waals surface area contributed by atoms with Crippen molar-refractivity contribution in [3.05, 3.63) is 46.5 Å². The van der Waals surface area contributed by atoms with Crippen LogP contribution in [0.25, 0.3) is 0 Å². The number of ether oxygens (including phenoxy) is 5. The number of aliphatic carboxylic acids is 1. The van der Waals surface area contributed by atoms with E-state index in [1.807, 2.05) is 13.0 Å². The second-order valence-electron chi connectivity index (χ2n) is 18.0. The van der Waals surface area contributed by atoms with Gasteiger partial charge in [0.2, 0.25) is 17.7 Å². The summed E-state index contributed by atoms with van der Waals surface area (Å²) in [4.78, 5) is 83.1. The fraction of sp³-hybridized carbons (Fsp3) is 0.644. The lowest BCUT2D eigenvalue weighted by atomic mass is 9.72. The number of esters is 1. The molecule has 6 aliphatic rings. The van der Waals surface area contributed by atoms with Gasteiger partial charge in [0.1, 0.15) is 40.3 Å². The summed E-state index contributed by atoms with van der Waals surface area (Å²) in [7, 11) is 4.49. The molecule has 0 saturated carbocycles. The number of amides is 4. The second-order valence-corrected chi connectivity index (χ2v) is 18.4. The van der Waals surface area contributed by atoms with E-state index in [0.29, 0.717) is 76.1 Å². The van der Waals surface area contributed by atoms with Gasteiger partial charge in [-0.2, -0.15) is 0 Å². The number of fused-ring (bicyclic) bond motifs is 6. The lowest BCUT2D eigenvalue weighted by Crippen LogP contribution is -2.72. The number of hydrogen-bond acceptors (Lipinski definition) is 12. The van der Waals surface area contributed by atoms with Crippen LogP contribution in [-0.4, -0.2) is 138 Å². The molecule has 6 atom stereocenters. The van der Waals surface area contributed by atoms with Crippen molar-refractivity contribution in [1.29, 1.82) is 0 Å². The van der Waals surface area contributed by atoms with Crippen LogP contribution in [0.15, 0.2) is 35.9 Å². The Bertz CT molecular complexity index is 1990. The largest absolute Gasteiger partial charge is 0.495 e. The summed E-state index contributed by atoms with van der Waals surface area (Å²) in [5.74, 6) is -2.66. The number of nitrogens with zero attached hydrogens (tertiary/aromatic N) is 3. The Balaban J connectivity index is 1.16. The van der Waals surface area contributed by atoms with Crippen molar-refractivity contribution >= 4 is 53.0 Å². The normalized spacial score (nSPS) is 31.1. The summed E-state index contributed by atoms with van der Waals surface area (Å²) >= 11 is 6.80. The molecule has 0 aliphatic carbocycles. The van der Waals surface area contributed by atoms with Gasteiger partial charge in [0.15, 0.2) is 5.72 Å². The summed E-state index contributed by atoms with van der Waals surface area (Å²) in [5, 5.41) is 23.8. The van der Waals surface area contributed by atoms with Gasteiger partial charge in [-0.3, -0.25) is 29.3 Å². The first-order chi connectivity index (χ1) is 29.8. The molecule has 18 heteroatoms. The number of likely N-dealkylation sites (tertiary alicyclic amines) is 2. The van der Waals surface area contributed by atoms with Crippen LogP contribution in [0.4, 0.5) is 10.5 Å². The van der Waals surface area contributed by atoms with Crippen molar-refractivity contribution in [1.82, 2.24) is 15.1 Å². The summed E-state index contributed by atoms with van der Waals surface area (Å²) in [5.41, 5.74) is -2.14. The van der Waals surface area contributed by atoms with Crippen molar-refractivity contribution in [3.63, 3.8) is 0 Å². The fourth-order valence-electron chi connectivity index (χ4n) is 9.58. The lowest BCUT2D eigenvalue weighted by molar-refractivity contribution is -0.328. The molecule has 346 valence electrons. The number of anilines is 1. The quantitative estimate of drug-likeness (QED) is 0.291. The van der Waals surface area contributed by atoms with E-state index in [0.717, 1.165) is 11.1 Å². The molecule has 4 fully saturated rings. The molecule has 6 aliphatic heterocycles. The van der Waals surface area contributed by atoms with Crippen molar-refractivity contribution in [3.8, 4) is 5.75 Å². The Morgan fingerprint density at radius 1 is 0.952 bits per heavy atom. The van der Waals surface area contributed by atoms with E-state index in [-0.39, 0.29) is 48.9 Å². The van der Waals surface area contributed by atoms with E-state index in [9.17, 15) is 39.0 Å². The smallest absolute Gasteiger partial charge is 0.409 e. The topological polar surface area (TPSA) is 211 Å². The van der Waals surface area contributed by atoms with Crippen LogP contribution in [0.1, 0.15) is 90.5 Å². The summed E-state index contributed by atoms with van der Waals surface area (Å²) in [6, 6.07) is 3.59. The predicted octanol–water partition coefficient (Wildman–Crippen LogP) is 4.54. The van der Waals surface area contributed by atoms with Crippen LogP contribution >= 0.6 is 11.6 Å². The number of benzene rings is 1. The van der Waals surface area contributed by atoms with Gasteiger partial charge in [0.05, 0.1) is 31.1 Å². The maximum absolute atomic E-state index is 14.3. The third-order valence-corrected chi connectivity index (χ3v) is 13.7. The molecule has 6 bridgehead atoms. The van der Waals surface area contributed by atoms with Gasteiger partial charge in [-0.15, -0.1) is 0 Å².